The summed E-state index contributed by atoms with van der Waals surface area (Å²) in [5, 5.41) is 0. The predicted octanol–water partition coefficient (Wildman–Crippen LogP) is 4.29. The summed E-state index contributed by atoms with van der Waals surface area (Å²) in [6.45, 7) is 8.38. The van der Waals surface area contributed by atoms with E-state index in [2.05, 4.69) is 13.8 Å². The second-order valence-corrected chi connectivity index (χ2v) is 9.06. The molecule has 2 rings (SSSR count). The Morgan fingerprint density at radius 3 is 1.90 bits per heavy atom. The number of rotatable bonds is 2. The molecule has 0 N–H and O–H groups in total. The number of hydrogen-bond donors (Lipinski definition) is 0. The first-order valence-electron chi connectivity index (χ1n) is 7.06. The van der Waals surface area contributed by atoms with Gasteiger partial charge < -0.3 is 0 Å². The van der Waals surface area contributed by atoms with Crippen LogP contribution in [0, 0.1) is 10.8 Å². The van der Waals surface area contributed by atoms with Gasteiger partial charge in [-0.1, -0.05) is 58.0 Å². The molecule has 0 aliphatic heterocycles. The normalized spacial score (nSPS) is 21.9. The standard InChI is InChI=1S/C17H24O2S/c1-16(2)11-12-17(3,4)15(20(5,18)19)14(16)13-9-7-6-8-10-13/h6-10H,11-12H2,1-5H3. The van der Waals surface area contributed by atoms with Gasteiger partial charge in [-0.3, -0.25) is 0 Å². The molecule has 2 nitrogen and oxygen atoms in total. The van der Waals surface area contributed by atoms with E-state index in [1.807, 2.05) is 44.2 Å². The Morgan fingerprint density at radius 1 is 0.900 bits per heavy atom. The maximum atomic E-state index is 12.4. The SMILES string of the molecule is CC1(C)CCC(C)(C)C(S(C)(=O)=O)=C1c1ccccc1. The lowest BCUT2D eigenvalue weighted by atomic mass is 9.65. The monoisotopic (exact) mass is 292 g/mol. The van der Waals surface area contributed by atoms with Gasteiger partial charge in [0.15, 0.2) is 9.84 Å². The van der Waals surface area contributed by atoms with Gasteiger partial charge in [-0.15, -0.1) is 0 Å². The first-order valence-corrected chi connectivity index (χ1v) is 8.95. The summed E-state index contributed by atoms with van der Waals surface area (Å²) in [7, 11) is -3.22. The molecule has 1 aromatic rings. The molecule has 0 amide bonds. The first kappa shape index (κ1) is 15.3. The summed E-state index contributed by atoms with van der Waals surface area (Å²) in [6, 6.07) is 9.94. The molecule has 0 saturated heterocycles. The first-order chi connectivity index (χ1) is 9.06. The Balaban J connectivity index is 2.86. The molecule has 0 radical (unpaired) electrons. The molecule has 1 aliphatic carbocycles. The van der Waals surface area contributed by atoms with Crippen molar-refractivity contribution in [1.29, 1.82) is 0 Å². The van der Waals surface area contributed by atoms with Gasteiger partial charge in [0.2, 0.25) is 0 Å². The van der Waals surface area contributed by atoms with E-state index in [-0.39, 0.29) is 10.8 Å². The minimum atomic E-state index is -3.22. The van der Waals surface area contributed by atoms with E-state index in [0.717, 1.165) is 24.0 Å². The van der Waals surface area contributed by atoms with Crippen LogP contribution in [-0.4, -0.2) is 14.7 Å². The zero-order chi connectivity index (χ0) is 15.2. The van der Waals surface area contributed by atoms with Crippen molar-refractivity contribution < 1.29 is 8.42 Å². The van der Waals surface area contributed by atoms with Gasteiger partial charge >= 0.3 is 0 Å². The lowest BCUT2D eigenvalue weighted by molar-refractivity contribution is 0.304. The highest BCUT2D eigenvalue weighted by atomic mass is 32.2. The van der Waals surface area contributed by atoms with E-state index in [1.54, 1.807) is 0 Å². The Hall–Kier alpha value is -1.09. The smallest absolute Gasteiger partial charge is 0.172 e. The van der Waals surface area contributed by atoms with E-state index in [0.29, 0.717) is 4.91 Å². The largest absolute Gasteiger partial charge is 0.224 e. The van der Waals surface area contributed by atoms with Crippen LogP contribution in [-0.2, 0) is 9.84 Å². The van der Waals surface area contributed by atoms with Crippen molar-refractivity contribution in [3.05, 3.63) is 40.8 Å². The Labute approximate surface area is 122 Å². The van der Waals surface area contributed by atoms with Gasteiger partial charge in [0.05, 0.1) is 4.91 Å². The lowest BCUT2D eigenvalue weighted by Crippen LogP contribution is -2.33. The molecule has 1 aliphatic rings. The molecular formula is C17H24O2S. The molecule has 20 heavy (non-hydrogen) atoms. The zero-order valence-corrected chi connectivity index (χ0v) is 13.8. The topological polar surface area (TPSA) is 34.1 Å². The van der Waals surface area contributed by atoms with Crippen LogP contribution in [0.2, 0.25) is 0 Å². The molecule has 0 bridgehead atoms. The lowest BCUT2D eigenvalue weighted by Gasteiger charge is -2.43. The summed E-state index contributed by atoms with van der Waals surface area (Å²) in [4.78, 5) is 0.618. The average Bonchev–Trinajstić information content (AvgIpc) is 2.32. The highest BCUT2D eigenvalue weighted by Gasteiger charge is 2.43. The van der Waals surface area contributed by atoms with Crippen LogP contribution >= 0.6 is 0 Å². The van der Waals surface area contributed by atoms with E-state index >= 15 is 0 Å². The van der Waals surface area contributed by atoms with Gasteiger partial charge in [-0.25, -0.2) is 8.42 Å². The molecule has 0 heterocycles. The molecule has 0 unspecified atom stereocenters. The molecule has 0 atom stereocenters. The van der Waals surface area contributed by atoms with Crippen LogP contribution in [0.1, 0.15) is 46.1 Å². The van der Waals surface area contributed by atoms with Crippen molar-refractivity contribution >= 4 is 15.4 Å². The zero-order valence-electron chi connectivity index (χ0n) is 13.0. The maximum absolute atomic E-state index is 12.4. The van der Waals surface area contributed by atoms with Crippen molar-refractivity contribution in [3.63, 3.8) is 0 Å². The molecular weight excluding hydrogens is 268 g/mol. The molecule has 0 aromatic heterocycles. The summed E-state index contributed by atoms with van der Waals surface area (Å²) >= 11 is 0. The van der Waals surface area contributed by atoms with E-state index in [1.165, 1.54) is 6.26 Å². The molecule has 0 spiro atoms. The predicted molar refractivity (Wildman–Crippen MR) is 85.0 cm³/mol. The fraction of sp³-hybridized carbons (Fsp3) is 0.529. The van der Waals surface area contributed by atoms with Crippen LogP contribution in [0.3, 0.4) is 0 Å². The molecule has 0 fully saturated rings. The summed E-state index contributed by atoms with van der Waals surface area (Å²) in [6.07, 6.45) is 3.25. The van der Waals surface area contributed by atoms with Crippen LogP contribution in [0.15, 0.2) is 35.2 Å². The minimum Gasteiger partial charge on any atom is -0.224 e. The van der Waals surface area contributed by atoms with E-state index < -0.39 is 9.84 Å². The van der Waals surface area contributed by atoms with Gasteiger partial charge in [0.1, 0.15) is 0 Å². The maximum Gasteiger partial charge on any atom is 0.172 e. The second-order valence-electron chi connectivity index (χ2n) is 7.11. The van der Waals surface area contributed by atoms with Crippen LogP contribution in [0.25, 0.3) is 5.57 Å². The molecule has 3 heteroatoms. The second kappa shape index (κ2) is 4.73. The number of allylic oxidation sites excluding steroid dienone is 2. The van der Waals surface area contributed by atoms with Crippen molar-refractivity contribution in [2.24, 2.45) is 10.8 Å². The van der Waals surface area contributed by atoms with Gasteiger partial charge in [-0.05, 0) is 29.4 Å². The van der Waals surface area contributed by atoms with Crippen LogP contribution < -0.4 is 0 Å². The summed E-state index contributed by atoms with van der Waals surface area (Å²) < 4.78 is 24.8. The molecule has 0 saturated carbocycles. The van der Waals surface area contributed by atoms with Crippen molar-refractivity contribution in [3.8, 4) is 0 Å². The Bertz CT molecular complexity index is 635. The van der Waals surface area contributed by atoms with Crippen molar-refractivity contribution in [1.82, 2.24) is 0 Å². The van der Waals surface area contributed by atoms with Crippen molar-refractivity contribution in [2.45, 2.75) is 40.5 Å². The molecule has 1 aromatic carbocycles. The Morgan fingerprint density at radius 2 is 1.40 bits per heavy atom. The summed E-state index contributed by atoms with van der Waals surface area (Å²) in [5.41, 5.74) is 1.62. The number of hydrogen-bond acceptors (Lipinski definition) is 2. The Kier molecular flexibility index (Phi) is 3.62. The van der Waals surface area contributed by atoms with Gasteiger partial charge in [-0.2, -0.15) is 0 Å². The third kappa shape index (κ3) is 2.69. The average molecular weight is 292 g/mol. The quantitative estimate of drug-likeness (QED) is 0.815. The van der Waals surface area contributed by atoms with Gasteiger partial charge in [0, 0.05) is 11.7 Å². The fourth-order valence-electron chi connectivity index (χ4n) is 3.32. The third-order valence-corrected chi connectivity index (χ3v) is 5.83. The van der Waals surface area contributed by atoms with E-state index in [9.17, 15) is 8.42 Å². The molecule has 110 valence electrons. The number of benzene rings is 1. The minimum absolute atomic E-state index is 0.116. The van der Waals surface area contributed by atoms with E-state index in [4.69, 9.17) is 0 Å². The van der Waals surface area contributed by atoms with Gasteiger partial charge in [0.25, 0.3) is 0 Å². The number of sulfone groups is 1. The highest BCUT2D eigenvalue weighted by Crippen LogP contribution is 2.54. The van der Waals surface area contributed by atoms with Crippen LogP contribution in [0.4, 0.5) is 0 Å². The fourth-order valence-corrected chi connectivity index (χ4v) is 5.19. The third-order valence-electron chi connectivity index (χ3n) is 4.33. The summed E-state index contributed by atoms with van der Waals surface area (Å²) in [5.74, 6) is 0. The van der Waals surface area contributed by atoms with Crippen molar-refractivity contribution in [2.75, 3.05) is 6.26 Å². The van der Waals surface area contributed by atoms with Crippen LogP contribution in [0.5, 0.6) is 0 Å². The highest BCUT2D eigenvalue weighted by molar-refractivity contribution is 7.94.